The van der Waals surface area contributed by atoms with Gasteiger partial charge in [0.25, 0.3) is 0 Å². The maximum atomic E-state index is 12.7. The highest BCUT2D eigenvalue weighted by Crippen LogP contribution is 2.36. The first kappa shape index (κ1) is 12.6. The first-order valence-corrected chi connectivity index (χ1v) is 5.94. The van der Waals surface area contributed by atoms with Crippen molar-refractivity contribution in [3.8, 4) is 0 Å². The zero-order valence-electron chi connectivity index (χ0n) is 9.10. The lowest BCUT2D eigenvalue weighted by atomic mass is 9.85. The summed E-state index contributed by atoms with van der Waals surface area (Å²) >= 11 is 5.82. The second-order valence-electron chi connectivity index (χ2n) is 4.36. The lowest BCUT2D eigenvalue weighted by molar-refractivity contribution is -0.137. The van der Waals surface area contributed by atoms with E-state index in [9.17, 15) is 13.2 Å². The van der Waals surface area contributed by atoms with Gasteiger partial charge < -0.3 is 5.32 Å². The summed E-state index contributed by atoms with van der Waals surface area (Å²) in [5, 5.41) is 3.06. The Labute approximate surface area is 103 Å². The third-order valence-corrected chi connectivity index (χ3v) is 3.35. The van der Waals surface area contributed by atoms with Crippen LogP contribution in [0.5, 0.6) is 0 Å². The molecule has 1 aromatic carbocycles. The van der Waals surface area contributed by atoms with Crippen molar-refractivity contribution in [2.75, 3.05) is 11.9 Å². The van der Waals surface area contributed by atoms with Crippen LogP contribution in [0.15, 0.2) is 24.3 Å². The van der Waals surface area contributed by atoms with Crippen molar-refractivity contribution in [2.24, 2.45) is 5.92 Å². The molecule has 0 aliphatic heterocycles. The zero-order chi connectivity index (χ0) is 12.5. The number of alkyl halides is 4. The lowest BCUT2D eigenvalue weighted by Crippen LogP contribution is -2.30. The van der Waals surface area contributed by atoms with Crippen LogP contribution in [-0.2, 0) is 6.18 Å². The Kier molecular flexibility index (Phi) is 3.52. The van der Waals surface area contributed by atoms with Gasteiger partial charge in [0, 0.05) is 17.6 Å². The second kappa shape index (κ2) is 4.77. The highest BCUT2D eigenvalue weighted by Gasteiger charge is 2.33. The van der Waals surface area contributed by atoms with Crippen LogP contribution >= 0.6 is 11.6 Å². The largest absolute Gasteiger partial charge is 0.418 e. The number of anilines is 1. The highest BCUT2D eigenvalue weighted by molar-refractivity contribution is 6.21. The fraction of sp³-hybridized carbons (Fsp3) is 0.500. The Balaban J connectivity index is 2.00. The molecule has 0 bridgehead atoms. The van der Waals surface area contributed by atoms with E-state index in [4.69, 9.17) is 11.6 Å². The van der Waals surface area contributed by atoms with Gasteiger partial charge in [-0.05, 0) is 30.9 Å². The van der Waals surface area contributed by atoms with Crippen LogP contribution in [0.1, 0.15) is 18.4 Å². The Morgan fingerprint density at radius 2 is 1.88 bits per heavy atom. The maximum absolute atomic E-state index is 12.7. The van der Waals surface area contributed by atoms with Crippen molar-refractivity contribution in [1.82, 2.24) is 0 Å². The summed E-state index contributed by atoms with van der Waals surface area (Å²) < 4.78 is 38.0. The normalized spacial score (nSPS) is 24.2. The van der Waals surface area contributed by atoms with Gasteiger partial charge in [-0.1, -0.05) is 12.1 Å². The Hall–Kier alpha value is -0.900. The van der Waals surface area contributed by atoms with Crippen molar-refractivity contribution < 1.29 is 13.2 Å². The SMILES string of the molecule is FC(F)(F)c1ccccc1NCC1CC(Cl)C1. The molecular formula is C12H13ClF3N. The first-order valence-electron chi connectivity index (χ1n) is 5.51. The van der Waals surface area contributed by atoms with Gasteiger partial charge in [-0.3, -0.25) is 0 Å². The molecule has 0 radical (unpaired) electrons. The predicted molar refractivity (Wildman–Crippen MR) is 62.3 cm³/mol. The van der Waals surface area contributed by atoms with Crippen molar-refractivity contribution in [3.05, 3.63) is 29.8 Å². The molecule has 5 heteroatoms. The van der Waals surface area contributed by atoms with E-state index in [1.54, 1.807) is 6.07 Å². The molecule has 1 nitrogen and oxygen atoms in total. The first-order chi connectivity index (χ1) is 7.97. The van der Waals surface area contributed by atoms with Crippen molar-refractivity contribution in [2.45, 2.75) is 24.4 Å². The van der Waals surface area contributed by atoms with Gasteiger partial charge in [0.15, 0.2) is 0 Å². The van der Waals surface area contributed by atoms with E-state index < -0.39 is 11.7 Å². The van der Waals surface area contributed by atoms with Crippen LogP contribution in [0.25, 0.3) is 0 Å². The molecule has 1 saturated carbocycles. The quantitative estimate of drug-likeness (QED) is 0.809. The fourth-order valence-electron chi connectivity index (χ4n) is 1.96. The number of hydrogen-bond donors (Lipinski definition) is 1. The van der Waals surface area contributed by atoms with E-state index >= 15 is 0 Å². The van der Waals surface area contributed by atoms with Gasteiger partial charge in [0.1, 0.15) is 0 Å². The van der Waals surface area contributed by atoms with Crippen molar-refractivity contribution in [3.63, 3.8) is 0 Å². The number of nitrogens with one attached hydrogen (secondary N) is 1. The minimum atomic E-state index is -4.31. The van der Waals surface area contributed by atoms with Crippen LogP contribution in [0.4, 0.5) is 18.9 Å². The summed E-state index contributed by atoms with van der Waals surface area (Å²) in [7, 11) is 0. The van der Waals surface area contributed by atoms with Gasteiger partial charge in [-0.2, -0.15) is 13.2 Å². The molecule has 0 atom stereocenters. The molecular weight excluding hydrogens is 251 g/mol. The molecule has 1 fully saturated rings. The average Bonchev–Trinajstić information content (AvgIpc) is 2.22. The maximum Gasteiger partial charge on any atom is 0.418 e. The Morgan fingerprint density at radius 3 is 2.47 bits per heavy atom. The van der Waals surface area contributed by atoms with Gasteiger partial charge in [-0.15, -0.1) is 11.6 Å². The van der Waals surface area contributed by atoms with Gasteiger partial charge >= 0.3 is 6.18 Å². The van der Waals surface area contributed by atoms with E-state index in [0.29, 0.717) is 12.5 Å². The molecule has 0 aromatic heterocycles. The van der Waals surface area contributed by atoms with Crippen molar-refractivity contribution in [1.29, 1.82) is 0 Å². The van der Waals surface area contributed by atoms with Crippen LogP contribution < -0.4 is 5.32 Å². The Bertz CT molecular complexity index is 386. The van der Waals surface area contributed by atoms with E-state index in [-0.39, 0.29) is 11.1 Å². The standard InChI is InChI=1S/C12H13ClF3N/c13-9-5-8(6-9)7-17-11-4-2-1-3-10(11)12(14,15)16/h1-4,8-9,17H,5-7H2. The average molecular weight is 264 g/mol. The number of halogens is 4. The van der Waals surface area contributed by atoms with Crippen LogP contribution in [0.3, 0.4) is 0 Å². The predicted octanol–water partition coefficient (Wildman–Crippen LogP) is 4.13. The monoisotopic (exact) mass is 263 g/mol. The van der Waals surface area contributed by atoms with E-state index in [1.165, 1.54) is 12.1 Å². The summed E-state index contributed by atoms with van der Waals surface area (Å²) in [4.78, 5) is 0. The van der Waals surface area contributed by atoms with Crippen LogP contribution in [0.2, 0.25) is 0 Å². The Morgan fingerprint density at radius 1 is 1.24 bits per heavy atom. The molecule has 0 saturated heterocycles. The number of benzene rings is 1. The van der Waals surface area contributed by atoms with Crippen LogP contribution in [0, 0.1) is 5.92 Å². The summed E-state index contributed by atoms with van der Waals surface area (Å²) in [5.74, 6) is 0.388. The molecule has 1 aromatic rings. The number of para-hydroxylation sites is 1. The van der Waals surface area contributed by atoms with Crippen LogP contribution in [-0.4, -0.2) is 11.9 Å². The highest BCUT2D eigenvalue weighted by atomic mass is 35.5. The van der Waals surface area contributed by atoms with Crippen molar-refractivity contribution >= 4 is 17.3 Å². The minimum absolute atomic E-state index is 0.151. The molecule has 1 aliphatic carbocycles. The third kappa shape index (κ3) is 3.06. The van der Waals surface area contributed by atoms with E-state index in [2.05, 4.69) is 5.32 Å². The molecule has 0 spiro atoms. The summed E-state index contributed by atoms with van der Waals surface area (Å²) in [6.45, 7) is 0.552. The molecule has 0 unspecified atom stereocenters. The number of hydrogen-bond acceptors (Lipinski definition) is 1. The lowest BCUT2D eigenvalue weighted by Gasteiger charge is -2.31. The molecule has 1 aliphatic rings. The summed E-state index contributed by atoms with van der Waals surface area (Å²) in [6, 6.07) is 5.54. The summed E-state index contributed by atoms with van der Waals surface area (Å²) in [5.41, 5.74) is -0.459. The molecule has 0 heterocycles. The minimum Gasteiger partial charge on any atom is -0.384 e. The molecule has 2 rings (SSSR count). The smallest absolute Gasteiger partial charge is 0.384 e. The molecule has 17 heavy (non-hydrogen) atoms. The molecule has 0 amide bonds. The second-order valence-corrected chi connectivity index (χ2v) is 4.98. The topological polar surface area (TPSA) is 12.0 Å². The molecule has 94 valence electrons. The van der Waals surface area contributed by atoms with Gasteiger partial charge in [0.05, 0.1) is 5.56 Å². The van der Waals surface area contributed by atoms with Gasteiger partial charge in [-0.25, -0.2) is 0 Å². The molecule has 1 N–H and O–H groups in total. The fourth-order valence-corrected chi connectivity index (χ4v) is 2.46. The van der Waals surface area contributed by atoms with Gasteiger partial charge in [0.2, 0.25) is 0 Å². The number of rotatable bonds is 3. The summed E-state index contributed by atoms with van der Waals surface area (Å²) in [6.07, 6.45) is -2.55. The zero-order valence-corrected chi connectivity index (χ0v) is 9.85. The van der Waals surface area contributed by atoms with E-state index in [0.717, 1.165) is 18.9 Å². The third-order valence-electron chi connectivity index (χ3n) is 2.99. The van der Waals surface area contributed by atoms with E-state index in [1.807, 2.05) is 0 Å².